The first-order valence-electron chi connectivity index (χ1n) is 7.29. The molecule has 1 aromatic carbocycles. The minimum absolute atomic E-state index is 0.205. The Morgan fingerprint density at radius 1 is 1.40 bits per heavy atom. The number of hydrogen-bond donors (Lipinski definition) is 1. The maximum atomic E-state index is 12.2. The number of carbonyl (C=O) groups excluding carboxylic acids is 1. The molecule has 0 fully saturated rings. The van der Waals surface area contributed by atoms with Crippen LogP contribution in [0.25, 0.3) is 0 Å². The van der Waals surface area contributed by atoms with Crippen molar-refractivity contribution in [3.05, 3.63) is 34.9 Å². The topological polar surface area (TPSA) is 46.3 Å². The van der Waals surface area contributed by atoms with Crippen LogP contribution < -0.4 is 5.73 Å². The highest BCUT2D eigenvalue weighted by atomic mass is 35.5. The van der Waals surface area contributed by atoms with E-state index < -0.39 is 0 Å². The number of amides is 1. The minimum atomic E-state index is 0.205. The molecule has 1 unspecified atom stereocenters. The lowest BCUT2D eigenvalue weighted by atomic mass is 10.0. The second kappa shape index (κ2) is 8.98. The van der Waals surface area contributed by atoms with Crippen molar-refractivity contribution in [1.29, 1.82) is 0 Å². The van der Waals surface area contributed by atoms with Crippen LogP contribution in [0, 0.1) is 5.92 Å². The lowest BCUT2D eigenvalue weighted by molar-refractivity contribution is -0.131. The number of halogens is 1. The van der Waals surface area contributed by atoms with Crippen LogP contribution in [0.4, 0.5) is 0 Å². The van der Waals surface area contributed by atoms with Gasteiger partial charge in [-0.05, 0) is 49.9 Å². The predicted octanol–water partition coefficient (Wildman–Crippen LogP) is 3.45. The Labute approximate surface area is 127 Å². The molecule has 1 amide bonds. The number of carbonyl (C=O) groups is 1. The molecule has 2 N–H and O–H groups in total. The van der Waals surface area contributed by atoms with Crippen LogP contribution in [0.5, 0.6) is 0 Å². The van der Waals surface area contributed by atoms with E-state index in [1.165, 1.54) is 0 Å². The summed E-state index contributed by atoms with van der Waals surface area (Å²) in [5, 5.41) is 0.711. The summed E-state index contributed by atoms with van der Waals surface area (Å²) >= 11 is 5.97. The minimum Gasteiger partial charge on any atom is -0.339 e. The molecule has 0 radical (unpaired) electrons. The van der Waals surface area contributed by atoms with Gasteiger partial charge in [0, 0.05) is 24.5 Å². The first kappa shape index (κ1) is 17.0. The van der Waals surface area contributed by atoms with E-state index in [0.717, 1.165) is 24.9 Å². The van der Waals surface area contributed by atoms with Gasteiger partial charge in [0.25, 0.3) is 0 Å². The molecule has 0 bridgehead atoms. The van der Waals surface area contributed by atoms with Crippen molar-refractivity contribution in [1.82, 2.24) is 4.90 Å². The molecule has 1 aromatic rings. The van der Waals surface area contributed by atoms with Gasteiger partial charge in [0.1, 0.15) is 0 Å². The normalized spacial score (nSPS) is 12.2. The smallest absolute Gasteiger partial charge is 0.222 e. The van der Waals surface area contributed by atoms with Crippen LogP contribution in [-0.2, 0) is 11.3 Å². The first-order chi connectivity index (χ1) is 9.56. The Balaban J connectivity index is 2.51. The van der Waals surface area contributed by atoms with Crippen molar-refractivity contribution in [3.8, 4) is 0 Å². The Hall–Kier alpha value is -1.06. The summed E-state index contributed by atoms with van der Waals surface area (Å²) in [6, 6.07) is 7.67. The largest absolute Gasteiger partial charge is 0.339 e. The highest BCUT2D eigenvalue weighted by Crippen LogP contribution is 2.15. The van der Waals surface area contributed by atoms with E-state index in [2.05, 4.69) is 6.92 Å². The van der Waals surface area contributed by atoms with E-state index in [-0.39, 0.29) is 5.91 Å². The van der Waals surface area contributed by atoms with Gasteiger partial charge in [-0.25, -0.2) is 0 Å². The van der Waals surface area contributed by atoms with E-state index in [0.29, 0.717) is 30.5 Å². The lowest BCUT2D eigenvalue weighted by Gasteiger charge is -2.22. The maximum absolute atomic E-state index is 12.2. The van der Waals surface area contributed by atoms with Crippen molar-refractivity contribution in [2.75, 3.05) is 13.1 Å². The van der Waals surface area contributed by atoms with Crippen molar-refractivity contribution in [2.24, 2.45) is 11.7 Å². The Morgan fingerprint density at radius 3 is 2.75 bits per heavy atom. The second-order valence-corrected chi connectivity index (χ2v) is 5.70. The molecule has 0 saturated carbocycles. The molecule has 3 nitrogen and oxygen atoms in total. The molecule has 0 aliphatic heterocycles. The number of nitrogens with zero attached hydrogens (tertiary/aromatic N) is 1. The highest BCUT2D eigenvalue weighted by molar-refractivity contribution is 6.30. The fraction of sp³-hybridized carbons (Fsp3) is 0.562. The summed E-state index contributed by atoms with van der Waals surface area (Å²) in [4.78, 5) is 14.1. The quantitative estimate of drug-likeness (QED) is 0.798. The zero-order valence-electron chi connectivity index (χ0n) is 12.4. The molecule has 112 valence electrons. The van der Waals surface area contributed by atoms with Crippen molar-refractivity contribution >= 4 is 17.5 Å². The van der Waals surface area contributed by atoms with E-state index in [4.69, 9.17) is 17.3 Å². The van der Waals surface area contributed by atoms with E-state index in [1.807, 2.05) is 36.1 Å². The van der Waals surface area contributed by atoms with Crippen molar-refractivity contribution < 1.29 is 4.79 Å². The Morgan fingerprint density at radius 2 is 2.15 bits per heavy atom. The summed E-state index contributed by atoms with van der Waals surface area (Å²) in [7, 11) is 0. The van der Waals surface area contributed by atoms with Gasteiger partial charge in [-0.3, -0.25) is 4.79 Å². The predicted molar refractivity (Wildman–Crippen MR) is 84.6 cm³/mol. The molecule has 0 heterocycles. The summed E-state index contributed by atoms with van der Waals surface area (Å²) in [6.45, 7) is 6.19. The van der Waals surface area contributed by atoms with E-state index in [9.17, 15) is 4.79 Å². The first-order valence-corrected chi connectivity index (χ1v) is 7.66. The molecule has 0 aromatic heterocycles. The van der Waals surface area contributed by atoms with Gasteiger partial charge in [0.2, 0.25) is 5.91 Å². The number of nitrogens with two attached hydrogens (primary N) is 1. The van der Waals surface area contributed by atoms with Gasteiger partial charge >= 0.3 is 0 Å². The van der Waals surface area contributed by atoms with Crippen LogP contribution in [0.3, 0.4) is 0 Å². The van der Waals surface area contributed by atoms with Gasteiger partial charge in [-0.1, -0.05) is 30.7 Å². The number of rotatable bonds is 8. The van der Waals surface area contributed by atoms with Crippen LogP contribution in [0.1, 0.15) is 38.7 Å². The average Bonchev–Trinajstić information content (AvgIpc) is 2.42. The maximum Gasteiger partial charge on any atom is 0.222 e. The van der Waals surface area contributed by atoms with Crippen LogP contribution in [-0.4, -0.2) is 23.9 Å². The third kappa shape index (κ3) is 5.93. The molecule has 0 aliphatic rings. The van der Waals surface area contributed by atoms with Crippen molar-refractivity contribution in [3.63, 3.8) is 0 Å². The van der Waals surface area contributed by atoms with Gasteiger partial charge < -0.3 is 10.6 Å². The second-order valence-electron chi connectivity index (χ2n) is 5.26. The SMILES string of the molecule is CCN(Cc1cccc(Cl)c1)C(=O)CCC(C)CCN. The molecular formula is C16H25ClN2O. The van der Waals surface area contributed by atoms with Crippen LogP contribution >= 0.6 is 11.6 Å². The molecule has 0 spiro atoms. The molecule has 1 atom stereocenters. The summed E-state index contributed by atoms with van der Waals surface area (Å²) in [5.74, 6) is 0.713. The van der Waals surface area contributed by atoms with Crippen LogP contribution in [0.15, 0.2) is 24.3 Å². The number of hydrogen-bond acceptors (Lipinski definition) is 2. The summed E-state index contributed by atoms with van der Waals surface area (Å²) in [6.07, 6.45) is 2.48. The van der Waals surface area contributed by atoms with Gasteiger partial charge in [0.15, 0.2) is 0 Å². The molecule has 20 heavy (non-hydrogen) atoms. The standard InChI is InChI=1S/C16H25ClN2O/c1-3-19(12-14-5-4-6-15(17)11-14)16(20)8-7-13(2)9-10-18/h4-6,11,13H,3,7-10,12,18H2,1-2H3. The highest BCUT2D eigenvalue weighted by Gasteiger charge is 2.13. The number of benzene rings is 1. The molecule has 0 aliphatic carbocycles. The van der Waals surface area contributed by atoms with Crippen LogP contribution in [0.2, 0.25) is 5.02 Å². The zero-order chi connectivity index (χ0) is 15.0. The van der Waals surface area contributed by atoms with Gasteiger partial charge in [0.05, 0.1) is 0 Å². The molecule has 4 heteroatoms. The lowest BCUT2D eigenvalue weighted by Crippen LogP contribution is -2.30. The van der Waals surface area contributed by atoms with Gasteiger partial charge in [-0.15, -0.1) is 0 Å². The summed E-state index contributed by atoms with van der Waals surface area (Å²) < 4.78 is 0. The average molecular weight is 297 g/mol. The fourth-order valence-corrected chi connectivity index (χ4v) is 2.40. The third-order valence-corrected chi connectivity index (χ3v) is 3.74. The van der Waals surface area contributed by atoms with E-state index in [1.54, 1.807) is 0 Å². The Kier molecular flexibility index (Phi) is 7.63. The fourth-order valence-electron chi connectivity index (χ4n) is 2.19. The van der Waals surface area contributed by atoms with Crippen molar-refractivity contribution in [2.45, 2.75) is 39.7 Å². The zero-order valence-corrected chi connectivity index (χ0v) is 13.2. The van der Waals surface area contributed by atoms with Gasteiger partial charge in [-0.2, -0.15) is 0 Å². The molecule has 1 rings (SSSR count). The monoisotopic (exact) mass is 296 g/mol. The third-order valence-electron chi connectivity index (χ3n) is 3.51. The molecular weight excluding hydrogens is 272 g/mol. The summed E-state index contributed by atoms with van der Waals surface area (Å²) in [5.41, 5.74) is 6.60. The molecule has 0 saturated heterocycles. The van der Waals surface area contributed by atoms with E-state index >= 15 is 0 Å². The Bertz CT molecular complexity index is 423.